The van der Waals surface area contributed by atoms with E-state index in [0.717, 1.165) is 16.4 Å². The average Bonchev–Trinajstić information content (AvgIpc) is 2.72. The lowest BCUT2D eigenvalue weighted by molar-refractivity contribution is -0.137. The molecule has 1 aliphatic heterocycles. The Labute approximate surface area is 181 Å². The van der Waals surface area contributed by atoms with Crippen LogP contribution in [0.5, 0.6) is 0 Å². The second-order valence-corrected chi connectivity index (χ2v) is 9.54. The van der Waals surface area contributed by atoms with E-state index in [2.05, 4.69) is 4.98 Å². The van der Waals surface area contributed by atoms with Crippen LogP contribution in [0.15, 0.2) is 46.5 Å². The molecule has 1 aromatic carbocycles. The Bertz CT molecular complexity index is 1060. The molecular weight excluding hydrogens is 463 g/mol. The van der Waals surface area contributed by atoms with Crippen LogP contribution in [0.4, 0.5) is 13.2 Å². The van der Waals surface area contributed by atoms with Gasteiger partial charge in [0, 0.05) is 32.4 Å². The molecule has 1 aromatic heterocycles. The molecular formula is C18H17ClF3N3O3S2. The highest BCUT2D eigenvalue weighted by atomic mass is 35.5. The van der Waals surface area contributed by atoms with E-state index in [9.17, 15) is 26.4 Å². The Morgan fingerprint density at radius 2 is 1.83 bits per heavy atom. The summed E-state index contributed by atoms with van der Waals surface area (Å²) in [6, 6.07) is 5.80. The molecule has 0 aliphatic carbocycles. The SMILES string of the molecule is CSc1ncccc1C(=O)N1CCN(S(=O)(=O)c2ccc(Cl)c(C(F)(F)F)c2)CC1. The standard InChI is InChI=1S/C18H17ClF3N3O3S2/c1-29-16-13(3-2-6-23-16)17(26)24-7-9-25(10-8-24)30(27,28)12-4-5-15(19)14(11-12)18(20,21)22/h2-6,11H,7-10H2,1H3. The molecule has 1 fully saturated rings. The topological polar surface area (TPSA) is 70.6 Å². The summed E-state index contributed by atoms with van der Waals surface area (Å²) in [6.45, 7) is 0.154. The number of carbonyl (C=O) groups excluding carboxylic acids is 1. The molecule has 0 bridgehead atoms. The van der Waals surface area contributed by atoms with E-state index in [1.54, 1.807) is 24.6 Å². The van der Waals surface area contributed by atoms with Crippen LogP contribution in [-0.4, -0.2) is 60.9 Å². The number of pyridine rings is 1. The number of benzene rings is 1. The molecule has 162 valence electrons. The molecule has 1 aliphatic rings. The number of hydrogen-bond donors (Lipinski definition) is 0. The molecule has 12 heteroatoms. The number of thioether (sulfide) groups is 1. The predicted molar refractivity (Wildman–Crippen MR) is 107 cm³/mol. The van der Waals surface area contributed by atoms with Crippen molar-refractivity contribution in [1.29, 1.82) is 0 Å². The largest absolute Gasteiger partial charge is 0.417 e. The number of halogens is 4. The summed E-state index contributed by atoms with van der Waals surface area (Å²) >= 11 is 6.90. The number of carbonyl (C=O) groups is 1. The lowest BCUT2D eigenvalue weighted by Gasteiger charge is -2.34. The highest BCUT2D eigenvalue weighted by Crippen LogP contribution is 2.36. The molecule has 2 aromatic rings. The van der Waals surface area contributed by atoms with Crippen molar-refractivity contribution in [2.75, 3.05) is 32.4 Å². The van der Waals surface area contributed by atoms with E-state index in [0.29, 0.717) is 16.7 Å². The Morgan fingerprint density at radius 1 is 1.17 bits per heavy atom. The van der Waals surface area contributed by atoms with Crippen LogP contribution in [0.3, 0.4) is 0 Å². The summed E-state index contributed by atoms with van der Waals surface area (Å²) in [5.41, 5.74) is -0.783. The molecule has 30 heavy (non-hydrogen) atoms. The zero-order chi connectivity index (χ0) is 22.1. The van der Waals surface area contributed by atoms with E-state index in [4.69, 9.17) is 11.6 Å². The zero-order valence-corrected chi connectivity index (χ0v) is 18.1. The molecule has 6 nitrogen and oxygen atoms in total. The van der Waals surface area contributed by atoms with Crippen molar-refractivity contribution in [3.63, 3.8) is 0 Å². The maximum Gasteiger partial charge on any atom is 0.417 e. The smallest absolute Gasteiger partial charge is 0.336 e. The van der Waals surface area contributed by atoms with Gasteiger partial charge in [0.15, 0.2) is 0 Å². The van der Waals surface area contributed by atoms with Crippen molar-refractivity contribution < 1.29 is 26.4 Å². The maximum atomic E-state index is 13.1. The summed E-state index contributed by atoms with van der Waals surface area (Å²) < 4.78 is 66.0. The molecule has 0 N–H and O–H groups in total. The van der Waals surface area contributed by atoms with Crippen molar-refractivity contribution in [2.24, 2.45) is 0 Å². The molecule has 3 rings (SSSR count). The number of piperazine rings is 1. The number of alkyl halides is 3. The van der Waals surface area contributed by atoms with Gasteiger partial charge in [-0.25, -0.2) is 13.4 Å². The van der Waals surface area contributed by atoms with E-state index in [1.165, 1.54) is 16.7 Å². The highest BCUT2D eigenvalue weighted by Gasteiger charge is 2.36. The first-order valence-corrected chi connectivity index (χ1v) is 11.7. The van der Waals surface area contributed by atoms with Crippen LogP contribution in [0, 0.1) is 0 Å². The van der Waals surface area contributed by atoms with Gasteiger partial charge >= 0.3 is 6.18 Å². The third-order valence-corrected chi connectivity index (χ3v) is 7.54. The van der Waals surface area contributed by atoms with Crippen molar-refractivity contribution in [3.8, 4) is 0 Å². The minimum absolute atomic E-state index is 0.0348. The van der Waals surface area contributed by atoms with Crippen LogP contribution in [0.25, 0.3) is 0 Å². The van der Waals surface area contributed by atoms with Gasteiger partial charge in [-0.3, -0.25) is 4.79 Å². The Kier molecular flexibility index (Phi) is 6.66. The zero-order valence-electron chi connectivity index (χ0n) is 15.7. The fraction of sp³-hybridized carbons (Fsp3) is 0.333. The highest BCUT2D eigenvalue weighted by molar-refractivity contribution is 7.98. The number of nitrogens with zero attached hydrogens (tertiary/aromatic N) is 3. The third kappa shape index (κ3) is 4.58. The van der Waals surface area contributed by atoms with Crippen LogP contribution in [0.1, 0.15) is 15.9 Å². The van der Waals surface area contributed by atoms with Gasteiger partial charge in [-0.1, -0.05) is 11.6 Å². The molecule has 0 radical (unpaired) electrons. The second kappa shape index (κ2) is 8.74. The molecule has 2 heterocycles. The van der Waals surface area contributed by atoms with Gasteiger partial charge in [0.2, 0.25) is 10.0 Å². The van der Waals surface area contributed by atoms with Crippen molar-refractivity contribution in [2.45, 2.75) is 16.1 Å². The first kappa shape index (κ1) is 22.9. The number of amides is 1. The van der Waals surface area contributed by atoms with Crippen molar-refractivity contribution in [1.82, 2.24) is 14.2 Å². The summed E-state index contributed by atoms with van der Waals surface area (Å²) in [5, 5.41) is -0.00340. The minimum Gasteiger partial charge on any atom is -0.336 e. The number of hydrogen-bond acceptors (Lipinski definition) is 5. The Balaban J connectivity index is 1.77. The second-order valence-electron chi connectivity index (χ2n) is 6.40. The van der Waals surface area contributed by atoms with Gasteiger partial charge in [-0.15, -0.1) is 11.8 Å². The quantitative estimate of drug-likeness (QED) is 0.626. The Morgan fingerprint density at radius 3 is 2.43 bits per heavy atom. The Hall–Kier alpha value is -1.82. The van der Waals surface area contributed by atoms with Crippen molar-refractivity contribution >= 4 is 39.3 Å². The number of aromatic nitrogens is 1. The van der Waals surface area contributed by atoms with Gasteiger partial charge in [0.25, 0.3) is 5.91 Å². The first-order chi connectivity index (χ1) is 14.1. The molecule has 1 amide bonds. The summed E-state index contributed by atoms with van der Waals surface area (Å²) in [5.74, 6) is -0.268. The summed E-state index contributed by atoms with van der Waals surface area (Å²) in [7, 11) is -4.17. The molecule has 1 saturated heterocycles. The lowest BCUT2D eigenvalue weighted by Crippen LogP contribution is -2.50. The van der Waals surface area contributed by atoms with Crippen LogP contribution >= 0.6 is 23.4 Å². The van der Waals surface area contributed by atoms with Gasteiger partial charge in [-0.2, -0.15) is 17.5 Å². The summed E-state index contributed by atoms with van der Waals surface area (Å²) in [4.78, 5) is 17.9. The fourth-order valence-corrected chi connectivity index (χ4v) is 5.26. The normalized spacial score (nSPS) is 16.0. The molecule has 0 atom stereocenters. The van der Waals surface area contributed by atoms with E-state index in [-0.39, 0.29) is 32.1 Å². The molecule has 0 saturated carbocycles. The van der Waals surface area contributed by atoms with E-state index >= 15 is 0 Å². The molecule has 0 spiro atoms. The lowest BCUT2D eigenvalue weighted by atomic mass is 10.2. The van der Waals surface area contributed by atoms with Crippen LogP contribution in [-0.2, 0) is 16.2 Å². The van der Waals surface area contributed by atoms with E-state index < -0.39 is 31.7 Å². The molecule has 0 unspecified atom stereocenters. The average molecular weight is 480 g/mol. The number of rotatable bonds is 4. The van der Waals surface area contributed by atoms with Gasteiger partial charge in [0.05, 0.1) is 21.0 Å². The van der Waals surface area contributed by atoms with Crippen molar-refractivity contribution in [3.05, 3.63) is 52.7 Å². The third-order valence-electron chi connectivity index (χ3n) is 4.60. The van der Waals surface area contributed by atoms with Crippen LogP contribution < -0.4 is 0 Å². The van der Waals surface area contributed by atoms with E-state index in [1.807, 2.05) is 0 Å². The minimum atomic E-state index is -4.77. The summed E-state index contributed by atoms with van der Waals surface area (Å²) in [6.07, 6.45) is -1.40. The van der Waals surface area contributed by atoms with Gasteiger partial charge in [0.1, 0.15) is 5.03 Å². The van der Waals surface area contributed by atoms with Crippen LogP contribution in [0.2, 0.25) is 5.02 Å². The number of sulfonamides is 1. The van der Waals surface area contributed by atoms with Gasteiger partial charge in [-0.05, 0) is 36.6 Å². The predicted octanol–water partition coefficient (Wildman–Crippen LogP) is 3.62. The monoisotopic (exact) mass is 479 g/mol. The van der Waals surface area contributed by atoms with Gasteiger partial charge < -0.3 is 4.90 Å². The first-order valence-electron chi connectivity index (χ1n) is 8.71. The fourth-order valence-electron chi connectivity index (χ4n) is 3.05. The maximum absolute atomic E-state index is 13.1.